The molecule has 0 aromatic heterocycles. The zero-order valence-corrected chi connectivity index (χ0v) is 12.9. The monoisotopic (exact) mass is 262 g/mol. The van der Waals surface area contributed by atoms with Gasteiger partial charge in [-0.2, -0.15) is 0 Å². The Labute approximate surface area is 116 Å². The molecule has 1 aromatic carbocycles. The van der Waals surface area contributed by atoms with Crippen molar-refractivity contribution in [2.45, 2.75) is 53.5 Å². The van der Waals surface area contributed by atoms with Gasteiger partial charge in [0.05, 0.1) is 0 Å². The van der Waals surface area contributed by atoms with E-state index in [4.69, 9.17) is 5.73 Å². The summed E-state index contributed by atoms with van der Waals surface area (Å²) in [5.74, 6) is -0.00185. The molecule has 3 heteroatoms. The fraction of sp³-hybridized carbons (Fsp3) is 0.562. The van der Waals surface area contributed by atoms with Gasteiger partial charge in [-0.1, -0.05) is 20.8 Å². The minimum atomic E-state index is -0.0254. The van der Waals surface area contributed by atoms with E-state index >= 15 is 0 Å². The fourth-order valence-electron chi connectivity index (χ4n) is 2.72. The van der Waals surface area contributed by atoms with Crippen LogP contribution < -0.4 is 11.1 Å². The molecule has 3 N–H and O–H groups in total. The third-order valence-electron chi connectivity index (χ3n) is 2.89. The van der Waals surface area contributed by atoms with Crippen LogP contribution in [-0.2, 0) is 0 Å². The van der Waals surface area contributed by atoms with Gasteiger partial charge in [0.2, 0.25) is 0 Å². The molecule has 1 aromatic rings. The topological polar surface area (TPSA) is 55.1 Å². The Morgan fingerprint density at radius 2 is 1.79 bits per heavy atom. The molecule has 0 radical (unpaired) electrons. The van der Waals surface area contributed by atoms with Gasteiger partial charge >= 0.3 is 0 Å². The lowest BCUT2D eigenvalue weighted by molar-refractivity contribution is 0.101. The largest absolute Gasteiger partial charge is 0.398 e. The van der Waals surface area contributed by atoms with Crippen molar-refractivity contribution >= 4 is 17.2 Å². The molecule has 1 rings (SSSR count). The summed E-state index contributed by atoms with van der Waals surface area (Å²) < 4.78 is 0. The van der Waals surface area contributed by atoms with Gasteiger partial charge in [-0.05, 0) is 50.8 Å². The summed E-state index contributed by atoms with van der Waals surface area (Å²) in [5, 5.41) is 3.49. The second kappa shape index (κ2) is 5.24. The molecule has 0 amide bonds. The number of benzene rings is 1. The third kappa shape index (κ3) is 4.93. The smallest absolute Gasteiger partial charge is 0.161 e. The predicted molar refractivity (Wildman–Crippen MR) is 82.6 cm³/mol. The quantitative estimate of drug-likeness (QED) is 0.634. The molecule has 19 heavy (non-hydrogen) atoms. The number of rotatable bonds is 4. The lowest BCUT2D eigenvalue weighted by atomic mass is 9.81. The molecular weight excluding hydrogens is 236 g/mol. The highest BCUT2D eigenvalue weighted by molar-refractivity contribution is 5.99. The minimum absolute atomic E-state index is 0.00185. The highest BCUT2D eigenvalue weighted by Crippen LogP contribution is 2.30. The molecule has 106 valence electrons. The number of carbonyl (C=O) groups excluding carboxylic acids is 1. The zero-order valence-electron chi connectivity index (χ0n) is 12.9. The van der Waals surface area contributed by atoms with E-state index in [0.29, 0.717) is 11.3 Å². The minimum Gasteiger partial charge on any atom is -0.398 e. The molecule has 0 heterocycles. The molecule has 0 saturated heterocycles. The first-order valence-corrected chi connectivity index (χ1v) is 6.69. The second-order valence-corrected chi connectivity index (χ2v) is 7.10. The highest BCUT2D eigenvalue weighted by Gasteiger charge is 2.25. The summed E-state index contributed by atoms with van der Waals surface area (Å²) in [7, 11) is 0. The number of nitrogen functional groups attached to an aromatic ring is 1. The first-order chi connectivity index (χ1) is 8.50. The molecule has 0 atom stereocenters. The zero-order chi connectivity index (χ0) is 14.8. The van der Waals surface area contributed by atoms with Crippen LogP contribution in [0, 0.1) is 5.41 Å². The summed E-state index contributed by atoms with van der Waals surface area (Å²) in [4.78, 5) is 11.3. The molecule has 0 aliphatic rings. The fourth-order valence-corrected chi connectivity index (χ4v) is 2.72. The first-order valence-electron chi connectivity index (χ1n) is 6.69. The van der Waals surface area contributed by atoms with Gasteiger partial charge in [0.25, 0.3) is 0 Å². The molecule has 0 unspecified atom stereocenters. The summed E-state index contributed by atoms with van der Waals surface area (Å²) >= 11 is 0. The van der Waals surface area contributed by atoms with E-state index < -0.39 is 0 Å². The maximum atomic E-state index is 11.3. The average molecular weight is 262 g/mol. The van der Waals surface area contributed by atoms with Gasteiger partial charge in [0, 0.05) is 22.5 Å². The summed E-state index contributed by atoms with van der Waals surface area (Å²) in [6.07, 6.45) is 1.04. The Hall–Kier alpha value is -1.51. The standard InChI is InChI=1S/C16H26N2O/c1-11(19)13-8-7-12(9-14(13)17)18-16(5,6)10-15(2,3)4/h7-9,18H,10,17H2,1-6H3. The Kier molecular flexibility index (Phi) is 4.28. The Bertz CT molecular complexity index is 470. The molecule has 0 spiro atoms. The van der Waals surface area contributed by atoms with Gasteiger partial charge in [0.1, 0.15) is 0 Å². The van der Waals surface area contributed by atoms with Crippen molar-refractivity contribution in [1.82, 2.24) is 0 Å². The van der Waals surface area contributed by atoms with E-state index in [2.05, 4.69) is 39.9 Å². The molecule has 0 aliphatic carbocycles. The van der Waals surface area contributed by atoms with Crippen LogP contribution in [0.15, 0.2) is 18.2 Å². The summed E-state index contributed by atoms with van der Waals surface area (Å²) in [5.41, 5.74) is 8.20. The molecule has 0 saturated carbocycles. The van der Waals surface area contributed by atoms with Crippen LogP contribution in [0.2, 0.25) is 0 Å². The van der Waals surface area contributed by atoms with E-state index in [1.807, 2.05) is 12.1 Å². The van der Waals surface area contributed by atoms with Gasteiger partial charge in [-0.3, -0.25) is 4.79 Å². The number of nitrogens with two attached hydrogens (primary N) is 1. The van der Waals surface area contributed by atoms with Crippen LogP contribution in [0.4, 0.5) is 11.4 Å². The number of Topliss-reactive ketones (excluding diaryl/α,β-unsaturated/α-hetero) is 1. The van der Waals surface area contributed by atoms with Crippen molar-refractivity contribution in [3.05, 3.63) is 23.8 Å². The molecule has 3 nitrogen and oxygen atoms in total. The van der Waals surface area contributed by atoms with Crippen molar-refractivity contribution in [3.63, 3.8) is 0 Å². The summed E-state index contributed by atoms with van der Waals surface area (Å²) in [6, 6.07) is 5.53. The SMILES string of the molecule is CC(=O)c1ccc(NC(C)(C)CC(C)(C)C)cc1N. The van der Waals surface area contributed by atoms with E-state index in [9.17, 15) is 4.79 Å². The number of nitrogens with one attached hydrogen (secondary N) is 1. The van der Waals surface area contributed by atoms with Gasteiger partial charge in [-0.15, -0.1) is 0 Å². The van der Waals surface area contributed by atoms with Gasteiger partial charge < -0.3 is 11.1 Å². The normalized spacial score (nSPS) is 12.3. The molecular formula is C16H26N2O. The van der Waals surface area contributed by atoms with Crippen LogP contribution >= 0.6 is 0 Å². The van der Waals surface area contributed by atoms with Crippen LogP contribution in [0.5, 0.6) is 0 Å². The Balaban J connectivity index is 2.88. The van der Waals surface area contributed by atoms with Gasteiger partial charge in [-0.25, -0.2) is 0 Å². The number of carbonyl (C=O) groups is 1. The third-order valence-corrected chi connectivity index (χ3v) is 2.89. The van der Waals surface area contributed by atoms with Crippen LogP contribution in [0.3, 0.4) is 0 Å². The number of anilines is 2. The van der Waals surface area contributed by atoms with Gasteiger partial charge in [0.15, 0.2) is 5.78 Å². The van der Waals surface area contributed by atoms with E-state index in [1.165, 1.54) is 6.92 Å². The lowest BCUT2D eigenvalue weighted by Crippen LogP contribution is -2.35. The number of hydrogen-bond donors (Lipinski definition) is 2. The van der Waals surface area contributed by atoms with E-state index in [-0.39, 0.29) is 16.7 Å². The Morgan fingerprint density at radius 1 is 1.21 bits per heavy atom. The average Bonchev–Trinajstić information content (AvgIpc) is 2.11. The molecule has 0 bridgehead atoms. The highest BCUT2D eigenvalue weighted by atomic mass is 16.1. The van der Waals surface area contributed by atoms with Crippen LogP contribution in [0.1, 0.15) is 58.3 Å². The van der Waals surface area contributed by atoms with Crippen LogP contribution in [-0.4, -0.2) is 11.3 Å². The van der Waals surface area contributed by atoms with E-state index in [1.54, 1.807) is 6.07 Å². The van der Waals surface area contributed by atoms with Crippen molar-refractivity contribution in [3.8, 4) is 0 Å². The predicted octanol–water partition coefficient (Wildman–Crippen LogP) is 4.10. The number of ketones is 1. The van der Waals surface area contributed by atoms with Crippen molar-refractivity contribution in [2.75, 3.05) is 11.1 Å². The van der Waals surface area contributed by atoms with Crippen LogP contribution in [0.25, 0.3) is 0 Å². The maximum absolute atomic E-state index is 11.3. The number of hydrogen-bond acceptors (Lipinski definition) is 3. The molecule has 0 fully saturated rings. The maximum Gasteiger partial charge on any atom is 0.161 e. The van der Waals surface area contributed by atoms with E-state index in [0.717, 1.165) is 12.1 Å². The molecule has 0 aliphatic heterocycles. The summed E-state index contributed by atoms with van der Waals surface area (Å²) in [6.45, 7) is 12.6. The van der Waals surface area contributed by atoms with Crippen molar-refractivity contribution in [2.24, 2.45) is 5.41 Å². The lowest BCUT2D eigenvalue weighted by Gasteiger charge is -2.34. The van der Waals surface area contributed by atoms with Crippen molar-refractivity contribution < 1.29 is 4.79 Å². The van der Waals surface area contributed by atoms with Crippen molar-refractivity contribution in [1.29, 1.82) is 0 Å². The first kappa shape index (κ1) is 15.5. The second-order valence-electron chi connectivity index (χ2n) is 7.10. The Morgan fingerprint density at radius 3 is 2.21 bits per heavy atom.